The van der Waals surface area contributed by atoms with Crippen LogP contribution in [0.4, 0.5) is 5.69 Å². The van der Waals surface area contributed by atoms with E-state index in [4.69, 9.17) is 9.72 Å². The van der Waals surface area contributed by atoms with Crippen LogP contribution in [0.25, 0.3) is 11.0 Å². The second-order valence-electron chi connectivity index (χ2n) is 7.55. The lowest BCUT2D eigenvalue weighted by molar-refractivity contribution is -0.118. The van der Waals surface area contributed by atoms with E-state index in [0.717, 1.165) is 53.5 Å². The molecule has 4 rings (SSSR count). The van der Waals surface area contributed by atoms with Gasteiger partial charge >= 0.3 is 0 Å². The number of nitrogens with zero attached hydrogens (tertiary/aromatic N) is 3. The van der Waals surface area contributed by atoms with Gasteiger partial charge in [0.2, 0.25) is 0 Å². The van der Waals surface area contributed by atoms with Gasteiger partial charge in [-0.3, -0.25) is 9.69 Å². The third-order valence-electron chi connectivity index (χ3n) is 5.25. The predicted molar refractivity (Wildman–Crippen MR) is 111 cm³/mol. The first-order chi connectivity index (χ1) is 13.5. The number of amides is 1. The van der Waals surface area contributed by atoms with Crippen molar-refractivity contribution in [1.82, 2.24) is 14.5 Å². The largest absolute Gasteiger partial charge is 0.483 e. The number of imidazole rings is 1. The molecule has 0 saturated carbocycles. The summed E-state index contributed by atoms with van der Waals surface area (Å²) in [7, 11) is 0. The van der Waals surface area contributed by atoms with Crippen LogP contribution < -0.4 is 10.1 Å². The van der Waals surface area contributed by atoms with E-state index in [2.05, 4.69) is 28.6 Å². The zero-order valence-corrected chi connectivity index (χ0v) is 16.6. The molecule has 0 saturated heterocycles. The van der Waals surface area contributed by atoms with Gasteiger partial charge in [0.1, 0.15) is 11.6 Å². The molecule has 0 atom stereocenters. The average molecular weight is 378 g/mol. The maximum Gasteiger partial charge on any atom is 0.262 e. The smallest absolute Gasteiger partial charge is 0.262 e. The molecule has 28 heavy (non-hydrogen) atoms. The van der Waals surface area contributed by atoms with Gasteiger partial charge in [-0.1, -0.05) is 18.2 Å². The normalized spacial score (nSPS) is 14.3. The number of anilines is 1. The Morgan fingerprint density at radius 3 is 2.82 bits per heavy atom. The topological polar surface area (TPSA) is 59.4 Å². The van der Waals surface area contributed by atoms with Crippen LogP contribution in [0.3, 0.4) is 0 Å². The van der Waals surface area contributed by atoms with Gasteiger partial charge in [0.25, 0.3) is 5.91 Å². The molecule has 0 bridgehead atoms. The van der Waals surface area contributed by atoms with Crippen molar-refractivity contribution in [3.63, 3.8) is 0 Å². The first-order valence-corrected chi connectivity index (χ1v) is 9.73. The van der Waals surface area contributed by atoms with Gasteiger partial charge in [-0.05, 0) is 50.6 Å². The molecular formula is C22H26N4O2. The highest BCUT2D eigenvalue weighted by Crippen LogP contribution is 2.24. The van der Waals surface area contributed by atoms with Crippen LogP contribution in [-0.2, 0) is 17.9 Å². The molecular weight excluding hydrogens is 352 g/mol. The molecule has 146 valence electrons. The molecule has 6 heteroatoms. The molecule has 1 amide bonds. The third-order valence-corrected chi connectivity index (χ3v) is 5.25. The summed E-state index contributed by atoms with van der Waals surface area (Å²) in [4.78, 5) is 19.5. The number of nitrogens with one attached hydrogen (secondary N) is 1. The van der Waals surface area contributed by atoms with Crippen LogP contribution in [0.5, 0.6) is 5.75 Å². The van der Waals surface area contributed by atoms with Crippen molar-refractivity contribution in [3.05, 3.63) is 53.9 Å². The van der Waals surface area contributed by atoms with Crippen molar-refractivity contribution < 1.29 is 9.53 Å². The lowest BCUT2D eigenvalue weighted by atomic mass is 10.2. The summed E-state index contributed by atoms with van der Waals surface area (Å²) < 4.78 is 7.90. The molecule has 1 aliphatic rings. The average Bonchev–Trinajstić information content (AvgIpc) is 3.04. The quantitative estimate of drug-likeness (QED) is 0.737. The fraction of sp³-hybridized carbons (Fsp3) is 0.364. The van der Waals surface area contributed by atoms with Crippen molar-refractivity contribution in [2.75, 3.05) is 18.5 Å². The molecule has 6 nitrogen and oxygen atoms in total. The maximum atomic E-state index is 12.3. The van der Waals surface area contributed by atoms with Crippen LogP contribution in [0.1, 0.15) is 25.2 Å². The monoisotopic (exact) mass is 378 g/mol. The molecule has 1 aliphatic heterocycles. The van der Waals surface area contributed by atoms with Crippen molar-refractivity contribution in [3.8, 4) is 5.75 Å². The van der Waals surface area contributed by atoms with E-state index in [1.54, 1.807) is 0 Å². The van der Waals surface area contributed by atoms with E-state index < -0.39 is 0 Å². The van der Waals surface area contributed by atoms with Crippen LogP contribution in [0.15, 0.2) is 42.5 Å². The van der Waals surface area contributed by atoms with Gasteiger partial charge in [0, 0.05) is 24.8 Å². The molecule has 0 radical (unpaired) electrons. The molecule has 3 aromatic rings. The highest BCUT2D eigenvalue weighted by molar-refractivity contribution is 5.94. The number of hydrogen-bond donors (Lipinski definition) is 1. The number of hydrogen-bond acceptors (Lipinski definition) is 4. The molecule has 0 fully saturated rings. The van der Waals surface area contributed by atoms with Crippen LogP contribution in [0, 0.1) is 6.92 Å². The number of ether oxygens (including phenoxy) is 1. The van der Waals surface area contributed by atoms with Crippen LogP contribution >= 0.6 is 0 Å². The van der Waals surface area contributed by atoms with Crippen molar-refractivity contribution >= 4 is 22.6 Å². The Balaban J connectivity index is 1.45. The number of fused-ring (bicyclic) bond motifs is 3. The minimum Gasteiger partial charge on any atom is -0.483 e. The summed E-state index contributed by atoms with van der Waals surface area (Å²) in [6, 6.07) is 14.1. The fourth-order valence-electron chi connectivity index (χ4n) is 3.62. The van der Waals surface area contributed by atoms with E-state index in [1.807, 2.05) is 49.4 Å². The minimum absolute atomic E-state index is 0.0219. The summed E-state index contributed by atoms with van der Waals surface area (Å²) in [6.45, 7) is 9.20. The second-order valence-corrected chi connectivity index (χ2v) is 7.55. The number of aromatic nitrogens is 2. The molecule has 2 heterocycles. The summed E-state index contributed by atoms with van der Waals surface area (Å²) >= 11 is 0. The van der Waals surface area contributed by atoms with Crippen molar-refractivity contribution in [2.45, 2.75) is 39.9 Å². The van der Waals surface area contributed by atoms with Crippen LogP contribution in [0.2, 0.25) is 0 Å². The Kier molecular flexibility index (Phi) is 5.05. The predicted octanol–water partition coefficient (Wildman–Crippen LogP) is 3.59. The zero-order valence-electron chi connectivity index (χ0n) is 16.6. The highest BCUT2D eigenvalue weighted by atomic mass is 16.5. The van der Waals surface area contributed by atoms with E-state index >= 15 is 0 Å². The number of para-hydroxylation sites is 1. The van der Waals surface area contributed by atoms with Gasteiger partial charge in [0.15, 0.2) is 6.61 Å². The zero-order chi connectivity index (χ0) is 19.7. The molecule has 2 aromatic carbocycles. The van der Waals surface area contributed by atoms with Crippen molar-refractivity contribution in [2.24, 2.45) is 0 Å². The second kappa shape index (κ2) is 7.64. The SMILES string of the molecule is Cc1ccccc1OCC(=O)Nc1ccc2c(c1)nc1n2CCN(C(C)C)C1. The Labute approximate surface area is 165 Å². The van der Waals surface area contributed by atoms with Gasteiger partial charge < -0.3 is 14.6 Å². The minimum atomic E-state index is -0.183. The number of carbonyl (C=O) groups excluding carboxylic acids is 1. The Hall–Kier alpha value is -2.86. The van der Waals surface area contributed by atoms with Gasteiger partial charge in [-0.15, -0.1) is 0 Å². The standard InChI is InChI=1S/C22H26N4O2/c1-15(2)25-10-11-26-19-9-8-17(12-18(19)24-21(26)13-25)23-22(27)14-28-20-7-5-4-6-16(20)3/h4-9,12,15H,10-11,13-14H2,1-3H3,(H,23,27). The van der Waals surface area contributed by atoms with Gasteiger partial charge in [-0.25, -0.2) is 4.98 Å². The van der Waals surface area contributed by atoms with E-state index in [0.29, 0.717) is 6.04 Å². The first-order valence-electron chi connectivity index (χ1n) is 9.73. The molecule has 1 aromatic heterocycles. The first kappa shape index (κ1) is 18.5. The van der Waals surface area contributed by atoms with Gasteiger partial charge in [-0.2, -0.15) is 0 Å². The number of rotatable bonds is 5. The Bertz CT molecular complexity index is 1010. The third kappa shape index (κ3) is 3.73. The van der Waals surface area contributed by atoms with Crippen molar-refractivity contribution in [1.29, 1.82) is 0 Å². The maximum absolute atomic E-state index is 12.3. The van der Waals surface area contributed by atoms with Gasteiger partial charge in [0.05, 0.1) is 17.6 Å². The molecule has 0 aliphatic carbocycles. The summed E-state index contributed by atoms with van der Waals surface area (Å²) in [5.41, 5.74) is 3.78. The number of aryl methyl sites for hydroxylation is 1. The Morgan fingerprint density at radius 2 is 2.04 bits per heavy atom. The number of benzene rings is 2. The fourth-order valence-corrected chi connectivity index (χ4v) is 3.62. The Morgan fingerprint density at radius 1 is 1.21 bits per heavy atom. The highest BCUT2D eigenvalue weighted by Gasteiger charge is 2.21. The van der Waals surface area contributed by atoms with Crippen LogP contribution in [-0.4, -0.2) is 39.6 Å². The van der Waals surface area contributed by atoms with E-state index in [9.17, 15) is 4.79 Å². The van der Waals surface area contributed by atoms with E-state index in [1.165, 1.54) is 0 Å². The summed E-state index contributed by atoms with van der Waals surface area (Å²) in [5, 5.41) is 2.91. The lowest BCUT2D eigenvalue weighted by Crippen LogP contribution is -2.38. The lowest BCUT2D eigenvalue weighted by Gasteiger charge is -2.30. The molecule has 0 spiro atoms. The molecule has 0 unspecified atom stereocenters. The summed E-state index contributed by atoms with van der Waals surface area (Å²) in [5.74, 6) is 1.63. The number of carbonyl (C=O) groups is 1. The molecule has 1 N–H and O–H groups in total. The van der Waals surface area contributed by atoms with E-state index in [-0.39, 0.29) is 12.5 Å². The summed E-state index contributed by atoms with van der Waals surface area (Å²) in [6.07, 6.45) is 0.